The Labute approximate surface area is 181 Å². The number of ether oxygens (including phenoxy) is 1. The van der Waals surface area contributed by atoms with E-state index in [0.717, 1.165) is 16.9 Å². The van der Waals surface area contributed by atoms with E-state index in [2.05, 4.69) is 5.32 Å². The van der Waals surface area contributed by atoms with Gasteiger partial charge in [0.25, 0.3) is 0 Å². The molecule has 0 aliphatic carbocycles. The van der Waals surface area contributed by atoms with Crippen molar-refractivity contribution in [2.75, 3.05) is 19.9 Å². The summed E-state index contributed by atoms with van der Waals surface area (Å²) < 4.78 is 5.19. The highest BCUT2D eigenvalue weighted by Crippen LogP contribution is 2.22. The molecule has 0 radical (unpaired) electrons. The van der Waals surface area contributed by atoms with Gasteiger partial charge in [-0.2, -0.15) is 0 Å². The zero-order chi connectivity index (χ0) is 21.2. The van der Waals surface area contributed by atoms with Gasteiger partial charge in [-0.3, -0.25) is 9.59 Å². The highest BCUT2D eigenvalue weighted by atomic mass is 35.5. The molecule has 0 unspecified atom stereocenters. The van der Waals surface area contributed by atoms with Gasteiger partial charge in [0.15, 0.2) is 0 Å². The molecule has 0 spiro atoms. The van der Waals surface area contributed by atoms with Crippen LogP contribution in [0.3, 0.4) is 0 Å². The summed E-state index contributed by atoms with van der Waals surface area (Å²) >= 11 is 7.69. The molecule has 2 rings (SSSR count). The van der Waals surface area contributed by atoms with Crippen molar-refractivity contribution in [3.8, 4) is 5.75 Å². The second-order valence-corrected chi connectivity index (χ2v) is 7.89. The maximum atomic E-state index is 13.0. The summed E-state index contributed by atoms with van der Waals surface area (Å²) in [7, 11) is 3.20. The minimum absolute atomic E-state index is 0.0756. The number of likely N-dealkylation sites (N-methyl/N-ethyl adjacent to an activating group) is 1. The standard InChI is InChI=1S/C22H27ClN2O3S/c1-4-20(22(27)24-2)25(13-16-9-11-18(28-3)12-10-16)21(26)15-29-14-17-7-5-6-8-19(17)23/h5-12,20H,4,13-15H2,1-3H3,(H,24,27)/t20-/m1/s1. The van der Waals surface area contributed by atoms with E-state index in [4.69, 9.17) is 16.3 Å². The van der Waals surface area contributed by atoms with Crippen molar-refractivity contribution in [3.63, 3.8) is 0 Å². The van der Waals surface area contributed by atoms with Gasteiger partial charge in [0, 0.05) is 24.4 Å². The van der Waals surface area contributed by atoms with Crippen LogP contribution in [0.1, 0.15) is 24.5 Å². The van der Waals surface area contributed by atoms with Crippen molar-refractivity contribution in [2.45, 2.75) is 31.7 Å². The number of methoxy groups -OCH3 is 1. The zero-order valence-electron chi connectivity index (χ0n) is 17.0. The van der Waals surface area contributed by atoms with Crippen LogP contribution < -0.4 is 10.1 Å². The summed E-state index contributed by atoms with van der Waals surface area (Å²) in [6, 6.07) is 14.6. The number of nitrogens with zero attached hydrogens (tertiary/aromatic N) is 1. The number of thioether (sulfide) groups is 1. The fourth-order valence-electron chi connectivity index (χ4n) is 2.96. The maximum Gasteiger partial charge on any atom is 0.242 e. The third-order valence-corrected chi connectivity index (χ3v) is 5.92. The van der Waals surface area contributed by atoms with Gasteiger partial charge < -0.3 is 15.0 Å². The number of amides is 2. The Kier molecular flexibility index (Phi) is 9.35. The van der Waals surface area contributed by atoms with E-state index in [1.165, 1.54) is 11.8 Å². The van der Waals surface area contributed by atoms with E-state index in [1.54, 1.807) is 19.1 Å². The Bertz CT molecular complexity index is 814. The molecular formula is C22H27ClN2O3S. The average Bonchev–Trinajstić information content (AvgIpc) is 2.75. The Morgan fingerprint density at radius 2 is 1.86 bits per heavy atom. The molecule has 5 nitrogen and oxygen atoms in total. The Morgan fingerprint density at radius 3 is 2.45 bits per heavy atom. The van der Waals surface area contributed by atoms with Crippen molar-refractivity contribution in [1.82, 2.24) is 10.2 Å². The largest absolute Gasteiger partial charge is 0.497 e. The van der Waals surface area contributed by atoms with Crippen LogP contribution >= 0.6 is 23.4 Å². The van der Waals surface area contributed by atoms with Crippen LogP contribution in [0.25, 0.3) is 0 Å². The molecule has 0 saturated heterocycles. The van der Waals surface area contributed by atoms with Gasteiger partial charge in [-0.15, -0.1) is 11.8 Å². The van der Waals surface area contributed by atoms with Gasteiger partial charge in [0.1, 0.15) is 11.8 Å². The molecule has 0 heterocycles. The van der Waals surface area contributed by atoms with Gasteiger partial charge in [0.05, 0.1) is 12.9 Å². The van der Waals surface area contributed by atoms with Crippen LogP contribution in [0.5, 0.6) is 5.75 Å². The molecule has 29 heavy (non-hydrogen) atoms. The quantitative estimate of drug-likeness (QED) is 0.610. The molecule has 0 fully saturated rings. The van der Waals surface area contributed by atoms with Gasteiger partial charge in [-0.05, 0) is 35.7 Å². The monoisotopic (exact) mass is 434 g/mol. The summed E-state index contributed by atoms with van der Waals surface area (Å²) in [4.78, 5) is 27.1. The lowest BCUT2D eigenvalue weighted by molar-refractivity contribution is -0.139. The van der Waals surface area contributed by atoms with Crippen molar-refractivity contribution in [2.24, 2.45) is 0 Å². The summed E-state index contributed by atoms with van der Waals surface area (Å²) in [5.41, 5.74) is 1.93. The van der Waals surface area contributed by atoms with Crippen LogP contribution in [0.2, 0.25) is 5.02 Å². The van der Waals surface area contributed by atoms with Crippen LogP contribution in [-0.4, -0.2) is 42.7 Å². The molecule has 0 aromatic heterocycles. The van der Waals surface area contributed by atoms with Crippen molar-refractivity contribution >= 4 is 35.2 Å². The minimum Gasteiger partial charge on any atom is -0.497 e. The summed E-state index contributed by atoms with van der Waals surface area (Å²) in [5, 5.41) is 3.36. The van der Waals surface area contributed by atoms with Gasteiger partial charge >= 0.3 is 0 Å². The molecule has 156 valence electrons. The first kappa shape index (κ1) is 23.1. The smallest absolute Gasteiger partial charge is 0.242 e. The highest BCUT2D eigenvalue weighted by Gasteiger charge is 2.27. The number of carbonyl (C=O) groups excluding carboxylic acids is 2. The van der Waals surface area contributed by atoms with Gasteiger partial charge in [-0.1, -0.05) is 48.9 Å². The highest BCUT2D eigenvalue weighted by molar-refractivity contribution is 7.99. The van der Waals surface area contributed by atoms with E-state index in [-0.39, 0.29) is 17.6 Å². The minimum atomic E-state index is -0.518. The average molecular weight is 435 g/mol. The molecule has 0 aliphatic heterocycles. The topological polar surface area (TPSA) is 58.6 Å². The molecule has 2 amide bonds. The Balaban J connectivity index is 2.10. The summed E-state index contributed by atoms with van der Waals surface area (Å²) in [5.74, 6) is 1.42. The summed E-state index contributed by atoms with van der Waals surface area (Å²) in [6.45, 7) is 2.27. The fourth-order valence-corrected chi connectivity index (χ4v) is 4.16. The number of carbonyl (C=O) groups is 2. The molecule has 0 bridgehead atoms. The predicted octanol–water partition coefficient (Wildman–Crippen LogP) is 4.14. The normalized spacial score (nSPS) is 11.6. The molecule has 1 atom stereocenters. The lowest BCUT2D eigenvalue weighted by atomic mass is 10.1. The molecule has 0 aliphatic rings. The number of rotatable bonds is 10. The zero-order valence-corrected chi connectivity index (χ0v) is 18.6. The van der Waals surface area contributed by atoms with E-state index < -0.39 is 6.04 Å². The third-order valence-electron chi connectivity index (χ3n) is 4.59. The van der Waals surface area contributed by atoms with E-state index in [9.17, 15) is 9.59 Å². The van der Waals surface area contributed by atoms with Crippen LogP contribution in [-0.2, 0) is 21.9 Å². The number of benzene rings is 2. The number of halogens is 1. The number of hydrogen-bond donors (Lipinski definition) is 1. The molecule has 7 heteroatoms. The lowest BCUT2D eigenvalue weighted by Crippen LogP contribution is -2.48. The number of hydrogen-bond acceptors (Lipinski definition) is 4. The van der Waals surface area contributed by atoms with Crippen molar-refractivity contribution < 1.29 is 14.3 Å². The van der Waals surface area contributed by atoms with Crippen LogP contribution in [0, 0.1) is 0 Å². The third kappa shape index (κ3) is 6.68. The Morgan fingerprint density at radius 1 is 1.17 bits per heavy atom. The second kappa shape index (κ2) is 11.7. The SMILES string of the molecule is CC[C@H](C(=O)NC)N(Cc1ccc(OC)cc1)C(=O)CSCc1ccccc1Cl. The van der Waals surface area contributed by atoms with Gasteiger partial charge in [-0.25, -0.2) is 0 Å². The van der Waals surface area contributed by atoms with E-state index in [0.29, 0.717) is 23.7 Å². The van der Waals surface area contributed by atoms with E-state index >= 15 is 0 Å². The van der Waals surface area contributed by atoms with Crippen molar-refractivity contribution in [3.05, 3.63) is 64.7 Å². The first-order valence-electron chi connectivity index (χ1n) is 9.45. The first-order valence-corrected chi connectivity index (χ1v) is 11.0. The predicted molar refractivity (Wildman–Crippen MR) is 119 cm³/mol. The fraction of sp³-hybridized carbons (Fsp3) is 0.364. The summed E-state index contributed by atoms with van der Waals surface area (Å²) in [6.07, 6.45) is 0.538. The molecule has 2 aromatic carbocycles. The molecule has 2 aromatic rings. The van der Waals surface area contributed by atoms with Crippen LogP contribution in [0.4, 0.5) is 0 Å². The van der Waals surface area contributed by atoms with Crippen molar-refractivity contribution in [1.29, 1.82) is 0 Å². The second-order valence-electron chi connectivity index (χ2n) is 6.49. The maximum absolute atomic E-state index is 13.0. The Hall–Kier alpha value is -2.18. The van der Waals surface area contributed by atoms with E-state index in [1.807, 2.05) is 55.5 Å². The molecular weight excluding hydrogens is 408 g/mol. The number of nitrogens with one attached hydrogen (secondary N) is 1. The lowest BCUT2D eigenvalue weighted by Gasteiger charge is -2.30. The van der Waals surface area contributed by atoms with Gasteiger partial charge in [0.2, 0.25) is 11.8 Å². The first-order chi connectivity index (χ1) is 14.0. The molecule has 1 N–H and O–H groups in total. The molecule has 0 saturated carbocycles. The van der Waals surface area contributed by atoms with Crippen LogP contribution in [0.15, 0.2) is 48.5 Å².